The lowest BCUT2D eigenvalue weighted by molar-refractivity contribution is 0.0947. The summed E-state index contributed by atoms with van der Waals surface area (Å²) in [5.74, 6) is -0.836. The predicted octanol–water partition coefficient (Wildman–Crippen LogP) is 4.62. The van der Waals surface area contributed by atoms with Gasteiger partial charge in [0.05, 0.1) is 39.8 Å². The molecule has 2 heterocycles. The van der Waals surface area contributed by atoms with E-state index in [0.29, 0.717) is 5.69 Å². The Balaban J connectivity index is 1.61. The molecule has 5 rings (SSSR count). The van der Waals surface area contributed by atoms with Gasteiger partial charge in [0.2, 0.25) is 9.84 Å². The van der Waals surface area contributed by atoms with Gasteiger partial charge in [0.1, 0.15) is 0 Å². The number of benzene rings is 3. The van der Waals surface area contributed by atoms with Gasteiger partial charge in [0.15, 0.2) is 0 Å². The Hall–Kier alpha value is -4.30. The molecule has 0 saturated carbocycles. The summed E-state index contributed by atoms with van der Waals surface area (Å²) in [5, 5.41) is 2.81. The zero-order valence-electron chi connectivity index (χ0n) is 20.4. The largest absolute Gasteiger partial charge is 0.346 e. The number of anilines is 1. The van der Waals surface area contributed by atoms with Crippen molar-refractivity contribution in [2.24, 2.45) is 0 Å². The van der Waals surface area contributed by atoms with Gasteiger partial charge in [0.25, 0.3) is 11.8 Å². The monoisotopic (exact) mass is 511 g/mol. The van der Waals surface area contributed by atoms with Crippen molar-refractivity contribution in [3.05, 3.63) is 119 Å². The Labute approximate surface area is 215 Å². The maximum atomic E-state index is 13.8. The van der Waals surface area contributed by atoms with E-state index in [1.165, 1.54) is 35.2 Å². The predicted molar refractivity (Wildman–Crippen MR) is 140 cm³/mol. The molecule has 37 heavy (non-hydrogen) atoms. The van der Waals surface area contributed by atoms with E-state index in [-0.39, 0.29) is 39.7 Å². The highest BCUT2D eigenvalue weighted by molar-refractivity contribution is 7.91. The minimum absolute atomic E-state index is 0.0163. The van der Waals surface area contributed by atoms with Crippen LogP contribution in [0.15, 0.2) is 94.9 Å². The molecule has 0 aliphatic carbocycles. The molecule has 1 aliphatic rings. The van der Waals surface area contributed by atoms with Gasteiger partial charge in [-0.15, -0.1) is 0 Å². The number of fused-ring (bicyclic) bond motifs is 2. The summed E-state index contributed by atoms with van der Waals surface area (Å²) >= 11 is 0. The van der Waals surface area contributed by atoms with Crippen LogP contribution in [-0.2, 0) is 22.9 Å². The van der Waals surface area contributed by atoms with Crippen molar-refractivity contribution in [1.29, 1.82) is 0 Å². The number of hydrogen-bond donors (Lipinski definition) is 1. The second-order valence-corrected chi connectivity index (χ2v) is 10.9. The number of amides is 2. The van der Waals surface area contributed by atoms with Crippen molar-refractivity contribution >= 4 is 27.3 Å². The number of sulfone groups is 1. The smallest absolute Gasteiger partial charge is 0.259 e. The molecule has 0 atom stereocenters. The molecule has 3 aromatic carbocycles. The van der Waals surface area contributed by atoms with Crippen LogP contribution in [0, 0.1) is 13.8 Å². The Morgan fingerprint density at radius 1 is 0.919 bits per heavy atom. The lowest BCUT2D eigenvalue weighted by Gasteiger charge is -2.24. The summed E-state index contributed by atoms with van der Waals surface area (Å²) in [7, 11) is -4.02. The maximum absolute atomic E-state index is 13.8. The second kappa shape index (κ2) is 9.63. The molecule has 8 heteroatoms. The van der Waals surface area contributed by atoms with Crippen molar-refractivity contribution < 1.29 is 18.0 Å². The van der Waals surface area contributed by atoms with Crippen molar-refractivity contribution in [3.8, 4) is 0 Å². The number of aryl methyl sites for hydroxylation is 2. The number of aromatic nitrogens is 1. The van der Waals surface area contributed by atoms with Gasteiger partial charge < -0.3 is 10.2 Å². The molecule has 1 aliphatic heterocycles. The summed E-state index contributed by atoms with van der Waals surface area (Å²) in [6, 6.07) is 21.9. The van der Waals surface area contributed by atoms with Crippen LogP contribution in [0.4, 0.5) is 5.69 Å². The molecule has 186 valence electrons. The first kappa shape index (κ1) is 24.4. The van der Waals surface area contributed by atoms with E-state index in [1.807, 2.05) is 38.1 Å². The van der Waals surface area contributed by atoms with Crippen molar-refractivity contribution in [2.45, 2.75) is 36.7 Å². The average Bonchev–Trinajstić information content (AvgIpc) is 2.97. The highest BCUT2D eigenvalue weighted by atomic mass is 32.2. The molecule has 0 fully saturated rings. The third-order valence-corrected chi connectivity index (χ3v) is 8.30. The quantitative estimate of drug-likeness (QED) is 0.422. The first-order valence-electron chi connectivity index (χ1n) is 11.8. The topological polar surface area (TPSA) is 96.4 Å². The highest BCUT2D eigenvalue weighted by Gasteiger charge is 2.36. The Morgan fingerprint density at radius 3 is 2.49 bits per heavy atom. The molecule has 0 spiro atoms. The lowest BCUT2D eigenvalue weighted by atomic mass is 10.0. The zero-order valence-corrected chi connectivity index (χ0v) is 21.2. The molecule has 0 radical (unpaired) electrons. The van der Waals surface area contributed by atoms with Gasteiger partial charge in [0, 0.05) is 11.8 Å². The van der Waals surface area contributed by atoms with E-state index in [0.717, 1.165) is 16.7 Å². The number of hydrogen-bond acceptors (Lipinski definition) is 5. The number of carbonyl (C=O) groups excluding carboxylic acids is 2. The molecule has 4 aromatic rings. The van der Waals surface area contributed by atoms with E-state index in [9.17, 15) is 18.0 Å². The third kappa shape index (κ3) is 4.63. The first-order chi connectivity index (χ1) is 17.8. The van der Waals surface area contributed by atoms with E-state index >= 15 is 0 Å². The van der Waals surface area contributed by atoms with Crippen LogP contribution in [-0.4, -0.2) is 25.2 Å². The summed E-state index contributed by atoms with van der Waals surface area (Å²) < 4.78 is 27.4. The molecule has 2 amide bonds. The minimum Gasteiger partial charge on any atom is -0.346 e. The SMILES string of the molecule is Cc1ccc(C)c(CN2C(=O)c3ccccc3S(=O)(=O)c3ccc(C(=O)NCc4ccccn4)cc32)c1. The number of rotatable bonds is 5. The fraction of sp³-hybridized carbons (Fsp3) is 0.138. The molecule has 1 aromatic heterocycles. The van der Waals surface area contributed by atoms with E-state index in [1.54, 1.807) is 30.5 Å². The van der Waals surface area contributed by atoms with Crippen LogP contribution in [0.3, 0.4) is 0 Å². The number of nitrogens with zero attached hydrogens (tertiary/aromatic N) is 2. The zero-order chi connectivity index (χ0) is 26.2. The number of pyridine rings is 1. The number of carbonyl (C=O) groups is 2. The van der Waals surface area contributed by atoms with Crippen LogP contribution in [0.25, 0.3) is 0 Å². The summed E-state index contributed by atoms with van der Waals surface area (Å²) in [5.41, 5.74) is 4.10. The fourth-order valence-electron chi connectivity index (χ4n) is 4.42. The van der Waals surface area contributed by atoms with Crippen LogP contribution < -0.4 is 10.2 Å². The Kier molecular flexibility index (Phi) is 6.35. The van der Waals surface area contributed by atoms with Gasteiger partial charge >= 0.3 is 0 Å². The standard InChI is InChI=1S/C29H25N3O4S/c1-19-10-11-20(2)22(15-19)18-32-25-16-21(28(33)31-17-23-7-5-6-14-30-23)12-13-27(25)37(35,36)26-9-4-3-8-24(26)29(32)34/h3-16H,17-18H2,1-2H3,(H,31,33). The third-order valence-electron chi connectivity index (χ3n) is 6.44. The van der Waals surface area contributed by atoms with Gasteiger partial charge in [-0.1, -0.05) is 42.0 Å². The summed E-state index contributed by atoms with van der Waals surface area (Å²) in [6.45, 7) is 4.28. The highest BCUT2D eigenvalue weighted by Crippen LogP contribution is 2.38. The van der Waals surface area contributed by atoms with E-state index in [4.69, 9.17) is 0 Å². The lowest BCUT2D eigenvalue weighted by Crippen LogP contribution is -2.31. The van der Waals surface area contributed by atoms with Crippen LogP contribution >= 0.6 is 0 Å². The summed E-state index contributed by atoms with van der Waals surface area (Å²) in [6.07, 6.45) is 1.64. The van der Waals surface area contributed by atoms with Crippen molar-refractivity contribution in [1.82, 2.24) is 10.3 Å². The van der Waals surface area contributed by atoms with Gasteiger partial charge in [-0.2, -0.15) is 0 Å². The molecule has 0 bridgehead atoms. The average molecular weight is 512 g/mol. The van der Waals surface area contributed by atoms with Gasteiger partial charge in [-0.05, 0) is 67.4 Å². The molecule has 0 unspecified atom stereocenters. The normalized spacial score (nSPS) is 13.9. The van der Waals surface area contributed by atoms with Crippen molar-refractivity contribution in [3.63, 3.8) is 0 Å². The van der Waals surface area contributed by atoms with Crippen LogP contribution in [0.5, 0.6) is 0 Å². The van der Waals surface area contributed by atoms with E-state index in [2.05, 4.69) is 10.3 Å². The molecular weight excluding hydrogens is 486 g/mol. The summed E-state index contributed by atoms with van der Waals surface area (Å²) in [4.78, 5) is 32.5. The van der Waals surface area contributed by atoms with Crippen LogP contribution in [0.2, 0.25) is 0 Å². The van der Waals surface area contributed by atoms with Gasteiger partial charge in [-0.25, -0.2) is 8.42 Å². The molecule has 0 saturated heterocycles. The minimum atomic E-state index is -4.02. The fourth-order valence-corrected chi connectivity index (χ4v) is 6.05. The Morgan fingerprint density at radius 2 is 1.70 bits per heavy atom. The number of nitrogens with one attached hydrogen (secondary N) is 1. The second-order valence-electron chi connectivity index (χ2n) is 9.01. The van der Waals surface area contributed by atoms with Gasteiger partial charge in [-0.3, -0.25) is 14.6 Å². The first-order valence-corrected chi connectivity index (χ1v) is 13.3. The molecule has 7 nitrogen and oxygen atoms in total. The maximum Gasteiger partial charge on any atom is 0.259 e. The Bertz CT molecular complexity index is 1630. The van der Waals surface area contributed by atoms with Crippen molar-refractivity contribution in [2.75, 3.05) is 4.90 Å². The van der Waals surface area contributed by atoms with E-state index < -0.39 is 21.7 Å². The van der Waals surface area contributed by atoms with Crippen LogP contribution in [0.1, 0.15) is 43.1 Å². The molecular formula is C29H25N3O4S. The molecule has 1 N–H and O–H groups in total.